The molecule has 1 aromatic carbocycles. The molecule has 0 radical (unpaired) electrons. The molecule has 7 nitrogen and oxygen atoms in total. The van der Waals surface area contributed by atoms with Crippen LogP contribution in [-0.4, -0.2) is 21.9 Å². The van der Waals surface area contributed by atoms with Crippen LogP contribution in [0, 0.1) is 26.7 Å². The lowest BCUT2D eigenvalue weighted by atomic mass is 10.1. The van der Waals surface area contributed by atoms with Crippen LogP contribution in [0.1, 0.15) is 38.7 Å². The van der Waals surface area contributed by atoms with Crippen molar-refractivity contribution >= 4 is 12.1 Å². The summed E-state index contributed by atoms with van der Waals surface area (Å²) in [7, 11) is 1.49. The van der Waals surface area contributed by atoms with E-state index in [1.165, 1.54) is 24.9 Å². The maximum Gasteiger partial charge on any atom is 0.307 e. The molecular weight excluding hydrogens is 363 g/mol. The van der Waals surface area contributed by atoms with E-state index in [-0.39, 0.29) is 17.9 Å². The lowest BCUT2D eigenvalue weighted by Gasteiger charge is -2.06. The quantitative estimate of drug-likeness (QED) is 0.522. The number of nitrogens with zero attached hydrogens (tertiary/aromatic N) is 3. The molecule has 2 aromatic heterocycles. The smallest absolute Gasteiger partial charge is 0.307 e. The van der Waals surface area contributed by atoms with Crippen molar-refractivity contribution in [3.05, 3.63) is 70.2 Å². The molecular formula is C20H21FN4O3. The number of ether oxygens (including phenoxy) is 1. The van der Waals surface area contributed by atoms with Gasteiger partial charge in [0.1, 0.15) is 18.1 Å². The van der Waals surface area contributed by atoms with E-state index in [0.717, 1.165) is 16.0 Å². The van der Waals surface area contributed by atoms with Crippen molar-refractivity contribution in [1.29, 1.82) is 0 Å². The average Bonchev–Trinajstić information content (AvgIpc) is 3.22. The molecule has 0 unspecified atom stereocenters. The van der Waals surface area contributed by atoms with Gasteiger partial charge >= 0.3 is 5.91 Å². The molecule has 0 saturated heterocycles. The maximum absolute atomic E-state index is 13.8. The third kappa shape index (κ3) is 4.28. The van der Waals surface area contributed by atoms with Gasteiger partial charge in [0, 0.05) is 7.05 Å². The van der Waals surface area contributed by atoms with E-state index in [2.05, 4.69) is 15.6 Å². The Morgan fingerprint density at radius 1 is 1.29 bits per heavy atom. The number of carbonyl (C=O) groups is 1. The Morgan fingerprint density at radius 2 is 2.07 bits per heavy atom. The van der Waals surface area contributed by atoms with Crippen LogP contribution in [0.3, 0.4) is 0 Å². The lowest BCUT2D eigenvalue weighted by Crippen LogP contribution is -2.17. The molecule has 2 heterocycles. The van der Waals surface area contributed by atoms with E-state index in [0.29, 0.717) is 11.5 Å². The average molecular weight is 384 g/mol. The predicted molar refractivity (Wildman–Crippen MR) is 102 cm³/mol. The summed E-state index contributed by atoms with van der Waals surface area (Å²) in [6.07, 6.45) is 1.21. The number of nitrogens with one attached hydrogen (secondary N) is 1. The van der Waals surface area contributed by atoms with Crippen LogP contribution in [0.15, 0.2) is 39.9 Å². The molecule has 0 aliphatic carbocycles. The minimum Gasteiger partial charge on any atom is -0.486 e. The molecule has 0 bridgehead atoms. The van der Waals surface area contributed by atoms with Crippen LogP contribution >= 0.6 is 0 Å². The molecule has 0 saturated carbocycles. The zero-order valence-corrected chi connectivity index (χ0v) is 16.1. The summed E-state index contributed by atoms with van der Waals surface area (Å²) in [6, 6.07) is 8.99. The molecule has 0 spiro atoms. The molecule has 28 heavy (non-hydrogen) atoms. The topological polar surface area (TPSA) is 81.6 Å². The highest BCUT2D eigenvalue weighted by atomic mass is 19.1. The van der Waals surface area contributed by atoms with Crippen LogP contribution in [-0.2, 0) is 13.7 Å². The summed E-state index contributed by atoms with van der Waals surface area (Å²) in [6.45, 7) is 5.89. The second-order valence-corrected chi connectivity index (χ2v) is 6.41. The van der Waals surface area contributed by atoms with Crippen LogP contribution in [0.5, 0.6) is 5.75 Å². The van der Waals surface area contributed by atoms with E-state index >= 15 is 0 Å². The van der Waals surface area contributed by atoms with Crippen molar-refractivity contribution in [3.8, 4) is 5.75 Å². The molecule has 8 heteroatoms. The van der Waals surface area contributed by atoms with Gasteiger partial charge in [0.2, 0.25) is 5.95 Å². The van der Waals surface area contributed by atoms with Crippen molar-refractivity contribution in [1.82, 2.24) is 15.2 Å². The molecule has 0 aliphatic heterocycles. The van der Waals surface area contributed by atoms with Gasteiger partial charge in [0.25, 0.3) is 0 Å². The van der Waals surface area contributed by atoms with E-state index in [1.54, 1.807) is 13.0 Å². The van der Waals surface area contributed by atoms with Gasteiger partial charge in [-0.15, -0.1) is 0 Å². The summed E-state index contributed by atoms with van der Waals surface area (Å²) in [5.74, 6) is 0.236. The largest absolute Gasteiger partial charge is 0.486 e. The van der Waals surface area contributed by atoms with E-state index in [9.17, 15) is 9.18 Å². The molecule has 0 fully saturated rings. The Hall–Kier alpha value is -3.42. The SMILES string of the molecule is Cc1ccc(OCc2ccc(C(=O)N/N=C\c3c(C)nn(C)c3F)o2)cc1C. The zero-order valence-electron chi connectivity index (χ0n) is 16.1. The fraction of sp³-hybridized carbons (Fsp3) is 0.250. The first kappa shape index (κ1) is 19.3. The molecule has 1 N–H and O–H groups in total. The van der Waals surface area contributed by atoms with Gasteiger partial charge in [-0.05, 0) is 56.2 Å². The number of halogens is 1. The Bertz CT molecular complexity index is 1040. The Kier molecular flexibility index (Phi) is 5.58. The van der Waals surface area contributed by atoms with Gasteiger partial charge in [-0.25, -0.2) is 10.1 Å². The lowest BCUT2D eigenvalue weighted by molar-refractivity contribution is 0.0923. The molecule has 0 aliphatic rings. The van der Waals surface area contributed by atoms with Crippen LogP contribution in [0.4, 0.5) is 4.39 Å². The van der Waals surface area contributed by atoms with Gasteiger partial charge in [0.05, 0.1) is 17.5 Å². The predicted octanol–water partition coefficient (Wildman–Crippen LogP) is 3.42. The highest BCUT2D eigenvalue weighted by Gasteiger charge is 2.13. The van der Waals surface area contributed by atoms with Gasteiger partial charge in [0.15, 0.2) is 5.76 Å². The fourth-order valence-corrected chi connectivity index (χ4v) is 2.54. The Balaban J connectivity index is 1.57. The first-order chi connectivity index (χ1) is 13.3. The number of hydrazone groups is 1. The monoisotopic (exact) mass is 384 g/mol. The van der Waals surface area contributed by atoms with Crippen molar-refractivity contribution in [2.24, 2.45) is 12.1 Å². The Labute approximate surface area is 161 Å². The fourth-order valence-electron chi connectivity index (χ4n) is 2.54. The van der Waals surface area contributed by atoms with E-state index in [4.69, 9.17) is 9.15 Å². The van der Waals surface area contributed by atoms with Crippen molar-refractivity contribution in [2.45, 2.75) is 27.4 Å². The third-order valence-electron chi connectivity index (χ3n) is 4.30. The van der Waals surface area contributed by atoms with Gasteiger partial charge in [-0.3, -0.25) is 4.79 Å². The van der Waals surface area contributed by atoms with Crippen LogP contribution < -0.4 is 10.2 Å². The summed E-state index contributed by atoms with van der Waals surface area (Å²) in [5.41, 5.74) is 5.31. The first-order valence-electron chi connectivity index (χ1n) is 8.66. The molecule has 146 valence electrons. The highest BCUT2D eigenvalue weighted by Crippen LogP contribution is 2.18. The minimum atomic E-state index is -0.546. The number of hydrogen-bond acceptors (Lipinski definition) is 5. The standard InChI is InChI=1S/C20H21FN4O3/c1-12-5-6-15(9-13(12)2)27-11-16-7-8-18(28-16)20(26)23-22-10-17-14(3)24-25(4)19(17)21/h5-10H,11H2,1-4H3,(H,23,26)/b22-10-. The summed E-state index contributed by atoms with van der Waals surface area (Å²) in [4.78, 5) is 12.1. The number of carbonyl (C=O) groups excluding carboxylic acids is 1. The normalized spacial score (nSPS) is 11.2. The number of furan rings is 1. The number of benzene rings is 1. The summed E-state index contributed by atoms with van der Waals surface area (Å²) < 4.78 is 26.1. The van der Waals surface area contributed by atoms with Crippen molar-refractivity contribution in [3.63, 3.8) is 0 Å². The van der Waals surface area contributed by atoms with Gasteiger partial charge in [-0.1, -0.05) is 6.07 Å². The number of aryl methyl sites for hydroxylation is 4. The number of hydrogen-bond donors (Lipinski definition) is 1. The van der Waals surface area contributed by atoms with E-state index in [1.807, 2.05) is 32.0 Å². The van der Waals surface area contributed by atoms with Gasteiger partial charge < -0.3 is 9.15 Å². The Morgan fingerprint density at radius 3 is 2.75 bits per heavy atom. The summed E-state index contributed by atoms with van der Waals surface area (Å²) in [5, 5.41) is 7.70. The second kappa shape index (κ2) is 8.08. The van der Waals surface area contributed by atoms with Crippen LogP contribution in [0.25, 0.3) is 0 Å². The van der Waals surface area contributed by atoms with E-state index < -0.39 is 11.9 Å². The summed E-state index contributed by atoms with van der Waals surface area (Å²) >= 11 is 0. The highest BCUT2D eigenvalue weighted by molar-refractivity contribution is 5.92. The molecule has 1 amide bonds. The zero-order chi connectivity index (χ0) is 20.3. The third-order valence-corrected chi connectivity index (χ3v) is 4.30. The first-order valence-corrected chi connectivity index (χ1v) is 8.66. The second-order valence-electron chi connectivity index (χ2n) is 6.41. The van der Waals surface area contributed by atoms with Gasteiger partial charge in [-0.2, -0.15) is 14.6 Å². The molecule has 0 atom stereocenters. The maximum atomic E-state index is 13.8. The minimum absolute atomic E-state index is 0.0826. The van der Waals surface area contributed by atoms with Crippen molar-refractivity contribution < 1.29 is 18.3 Å². The molecule has 3 aromatic rings. The van der Waals surface area contributed by atoms with Crippen LogP contribution in [0.2, 0.25) is 0 Å². The number of amides is 1. The molecule has 3 rings (SSSR count). The van der Waals surface area contributed by atoms with Crippen molar-refractivity contribution in [2.75, 3.05) is 0 Å². The number of rotatable bonds is 6. The number of aromatic nitrogens is 2.